The van der Waals surface area contributed by atoms with Crippen molar-refractivity contribution in [3.63, 3.8) is 0 Å². The van der Waals surface area contributed by atoms with Crippen molar-refractivity contribution in [2.45, 2.75) is 26.2 Å². The van der Waals surface area contributed by atoms with Crippen LogP contribution in [0.1, 0.15) is 30.9 Å². The number of methoxy groups -OCH3 is 1. The first kappa shape index (κ1) is 17.9. The Morgan fingerprint density at radius 3 is 2.50 bits per heavy atom. The van der Waals surface area contributed by atoms with E-state index in [9.17, 15) is 0 Å². The Hall–Kier alpha value is -2.95. The van der Waals surface area contributed by atoms with E-state index >= 15 is 0 Å². The molecule has 5 heteroatoms. The maximum Gasteiger partial charge on any atom is 0.144 e. The first-order valence-electron chi connectivity index (χ1n) is 8.80. The zero-order chi connectivity index (χ0) is 18.4. The monoisotopic (exact) mass is 348 g/mol. The smallest absolute Gasteiger partial charge is 0.144 e. The summed E-state index contributed by atoms with van der Waals surface area (Å²) in [5.41, 5.74) is 4.27. The maximum absolute atomic E-state index is 5.49. The number of anilines is 1. The fourth-order valence-corrected chi connectivity index (χ4v) is 2.73. The normalized spacial score (nSPS) is 10.8. The Balaban J connectivity index is 1.70. The second-order valence-corrected chi connectivity index (χ2v) is 6.43. The van der Waals surface area contributed by atoms with Crippen LogP contribution < -0.4 is 10.1 Å². The number of benzene rings is 1. The van der Waals surface area contributed by atoms with E-state index < -0.39 is 0 Å². The lowest BCUT2D eigenvalue weighted by atomic mass is 9.99. The van der Waals surface area contributed by atoms with Gasteiger partial charge >= 0.3 is 0 Å². The van der Waals surface area contributed by atoms with E-state index in [1.54, 1.807) is 19.5 Å². The van der Waals surface area contributed by atoms with Crippen LogP contribution in [0.3, 0.4) is 0 Å². The van der Waals surface area contributed by atoms with E-state index in [-0.39, 0.29) is 0 Å². The van der Waals surface area contributed by atoms with Crippen LogP contribution in [0.4, 0.5) is 5.82 Å². The molecule has 3 aromatic rings. The van der Waals surface area contributed by atoms with E-state index in [0.29, 0.717) is 5.92 Å². The number of nitrogens with zero attached hydrogens (tertiary/aromatic N) is 3. The van der Waals surface area contributed by atoms with Crippen LogP contribution in [0.25, 0.3) is 11.3 Å². The van der Waals surface area contributed by atoms with Gasteiger partial charge in [-0.15, -0.1) is 0 Å². The molecular weight excluding hydrogens is 324 g/mol. The molecule has 0 aliphatic heterocycles. The molecule has 0 spiro atoms. The van der Waals surface area contributed by atoms with Crippen LogP contribution in [0.15, 0.2) is 55.1 Å². The molecule has 0 unspecified atom stereocenters. The zero-order valence-electron chi connectivity index (χ0n) is 15.4. The highest BCUT2D eigenvalue weighted by atomic mass is 16.5. The first-order valence-corrected chi connectivity index (χ1v) is 8.80. The van der Waals surface area contributed by atoms with E-state index in [1.807, 2.05) is 30.6 Å². The van der Waals surface area contributed by atoms with Crippen LogP contribution in [-0.2, 0) is 6.42 Å². The molecule has 0 aliphatic carbocycles. The standard InChI is InChI=1S/C21H24N4O/c1-15(2)17-4-5-20(26-3)18(12-17)19-13-25-21(14-24-19)23-11-8-16-6-9-22-10-7-16/h4-7,9-10,12-15H,8,11H2,1-3H3,(H,23,25). The van der Waals surface area contributed by atoms with Crippen LogP contribution >= 0.6 is 0 Å². The third-order valence-corrected chi connectivity index (χ3v) is 4.29. The van der Waals surface area contributed by atoms with Crippen molar-refractivity contribution >= 4 is 5.82 Å². The molecule has 134 valence electrons. The average molecular weight is 348 g/mol. The predicted octanol–water partition coefficient (Wildman–Crippen LogP) is 4.33. The number of nitrogens with one attached hydrogen (secondary N) is 1. The second kappa shape index (κ2) is 8.43. The summed E-state index contributed by atoms with van der Waals surface area (Å²) in [5.74, 6) is 2.02. The average Bonchev–Trinajstić information content (AvgIpc) is 2.69. The van der Waals surface area contributed by atoms with Gasteiger partial charge in [0.2, 0.25) is 0 Å². The fraction of sp³-hybridized carbons (Fsp3) is 0.286. The van der Waals surface area contributed by atoms with Gasteiger partial charge in [-0.2, -0.15) is 0 Å². The van der Waals surface area contributed by atoms with Gasteiger partial charge in [-0.1, -0.05) is 19.9 Å². The van der Waals surface area contributed by atoms with Gasteiger partial charge in [0.15, 0.2) is 0 Å². The summed E-state index contributed by atoms with van der Waals surface area (Å²) in [6, 6.07) is 10.3. The van der Waals surface area contributed by atoms with Crippen molar-refractivity contribution in [2.24, 2.45) is 0 Å². The molecule has 3 rings (SSSR count). The Morgan fingerprint density at radius 2 is 1.85 bits per heavy atom. The van der Waals surface area contributed by atoms with Gasteiger partial charge in [0.1, 0.15) is 11.6 Å². The molecule has 1 aromatic carbocycles. The summed E-state index contributed by atoms with van der Waals surface area (Å²) >= 11 is 0. The van der Waals surface area contributed by atoms with Crippen LogP contribution in [-0.4, -0.2) is 28.6 Å². The largest absolute Gasteiger partial charge is 0.496 e. The van der Waals surface area contributed by atoms with Gasteiger partial charge in [0.05, 0.1) is 25.2 Å². The molecule has 2 aromatic heterocycles. The molecule has 0 bridgehead atoms. The van der Waals surface area contributed by atoms with Gasteiger partial charge in [-0.05, 0) is 47.7 Å². The summed E-state index contributed by atoms with van der Waals surface area (Å²) in [7, 11) is 1.68. The third kappa shape index (κ3) is 4.36. The molecule has 0 fully saturated rings. The van der Waals surface area contributed by atoms with Gasteiger partial charge < -0.3 is 10.1 Å². The molecule has 0 saturated carbocycles. The van der Waals surface area contributed by atoms with Crippen LogP contribution in [0.5, 0.6) is 5.75 Å². The van der Waals surface area contributed by atoms with E-state index in [1.165, 1.54) is 11.1 Å². The van der Waals surface area contributed by atoms with Crippen molar-refractivity contribution < 1.29 is 4.74 Å². The van der Waals surface area contributed by atoms with Gasteiger partial charge in [0.25, 0.3) is 0 Å². The SMILES string of the molecule is COc1ccc(C(C)C)cc1-c1cnc(NCCc2ccncc2)cn1. The minimum absolute atomic E-state index is 0.446. The first-order chi connectivity index (χ1) is 12.7. The number of aromatic nitrogens is 3. The Bertz CT molecular complexity index is 832. The highest BCUT2D eigenvalue weighted by Gasteiger charge is 2.11. The van der Waals surface area contributed by atoms with Crippen molar-refractivity contribution in [1.82, 2.24) is 15.0 Å². The lowest BCUT2D eigenvalue weighted by Gasteiger charge is -2.12. The van der Waals surface area contributed by atoms with E-state index in [2.05, 4.69) is 46.2 Å². The summed E-state index contributed by atoms with van der Waals surface area (Å²) < 4.78 is 5.49. The molecule has 26 heavy (non-hydrogen) atoms. The quantitative estimate of drug-likeness (QED) is 0.689. The van der Waals surface area contributed by atoms with Gasteiger partial charge in [-0.3, -0.25) is 9.97 Å². The van der Waals surface area contributed by atoms with Gasteiger partial charge in [-0.25, -0.2) is 4.98 Å². The summed E-state index contributed by atoms with van der Waals surface area (Å²) in [6.07, 6.45) is 8.08. The Kier molecular flexibility index (Phi) is 5.79. The number of rotatable bonds is 7. The highest BCUT2D eigenvalue weighted by molar-refractivity contribution is 5.68. The molecular formula is C21H24N4O. The molecule has 2 heterocycles. The molecule has 0 aliphatic rings. The van der Waals surface area contributed by atoms with Crippen molar-refractivity contribution in [3.05, 3.63) is 66.2 Å². The molecule has 0 radical (unpaired) electrons. The summed E-state index contributed by atoms with van der Waals surface area (Å²) in [6.45, 7) is 5.14. The fourth-order valence-electron chi connectivity index (χ4n) is 2.73. The topological polar surface area (TPSA) is 59.9 Å². The van der Waals surface area contributed by atoms with Crippen molar-refractivity contribution in [2.75, 3.05) is 19.0 Å². The molecule has 1 N–H and O–H groups in total. The Morgan fingerprint density at radius 1 is 1.04 bits per heavy atom. The second-order valence-electron chi connectivity index (χ2n) is 6.43. The van der Waals surface area contributed by atoms with E-state index in [4.69, 9.17) is 4.74 Å². The number of pyridine rings is 1. The third-order valence-electron chi connectivity index (χ3n) is 4.29. The Labute approximate surface area is 154 Å². The highest BCUT2D eigenvalue weighted by Crippen LogP contribution is 2.31. The van der Waals surface area contributed by atoms with Gasteiger partial charge in [0, 0.05) is 24.5 Å². The zero-order valence-corrected chi connectivity index (χ0v) is 15.4. The number of hydrogen-bond acceptors (Lipinski definition) is 5. The van der Waals surface area contributed by atoms with Crippen LogP contribution in [0, 0.1) is 0 Å². The van der Waals surface area contributed by atoms with Crippen molar-refractivity contribution in [1.29, 1.82) is 0 Å². The lowest BCUT2D eigenvalue weighted by Crippen LogP contribution is -2.06. The number of hydrogen-bond donors (Lipinski definition) is 1. The minimum Gasteiger partial charge on any atom is -0.496 e. The molecule has 0 atom stereocenters. The van der Waals surface area contributed by atoms with Crippen molar-refractivity contribution in [3.8, 4) is 17.0 Å². The molecule has 5 nitrogen and oxygen atoms in total. The van der Waals surface area contributed by atoms with E-state index in [0.717, 1.165) is 35.8 Å². The summed E-state index contributed by atoms with van der Waals surface area (Å²) in [5, 5.41) is 3.30. The maximum atomic E-state index is 5.49. The summed E-state index contributed by atoms with van der Waals surface area (Å²) in [4.78, 5) is 13.1. The molecule has 0 saturated heterocycles. The van der Waals surface area contributed by atoms with Crippen LogP contribution in [0.2, 0.25) is 0 Å². The molecule has 0 amide bonds. The minimum atomic E-state index is 0.446. The lowest BCUT2D eigenvalue weighted by molar-refractivity contribution is 0.416. The predicted molar refractivity (Wildman–Crippen MR) is 105 cm³/mol. The number of ether oxygens (including phenoxy) is 1.